The van der Waals surface area contributed by atoms with Crippen LogP contribution in [0.4, 0.5) is 0 Å². The third kappa shape index (κ3) is 33.8. The van der Waals surface area contributed by atoms with Crippen LogP contribution in [0.25, 0.3) is 16.0 Å². The molecule has 1 aromatic rings. The summed E-state index contributed by atoms with van der Waals surface area (Å²) >= 11 is 0. The zero-order valence-electron chi connectivity index (χ0n) is 17.5. The fourth-order valence-corrected chi connectivity index (χ4v) is 2.44. The Labute approximate surface area is 173 Å². The minimum absolute atomic E-state index is 0. The molecule has 0 bridgehead atoms. The van der Waals surface area contributed by atoms with Crippen molar-refractivity contribution in [2.75, 3.05) is 39.3 Å². The molecule has 140 valence electrons. The smallest absolute Gasteiger partial charge is 0.663 e. The maximum absolute atomic E-state index is 3.97. The van der Waals surface area contributed by atoms with Gasteiger partial charge in [-0.15, -0.1) is 0 Å². The predicted octanol–water partition coefficient (Wildman–Crippen LogP) is 5.30. The number of rotatable bonds is 7. The molecule has 0 unspecified atom stereocenters. The summed E-state index contributed by atoms with van der Waals surface area (Å²) in [5.74, 6) is 0. The second-order valence-corrected chi connectivity index (χ2v) is 7.92. The van der Waals surface area contributed by atoms with E-state index in [2.05, 4.69) is 53.3 Å². The van der Waals surface area contributed by atoms with Gasteiger partial charge in [-0.25, -0.2) is 12.1 Å². The van der Waals surface area contributed by atoms with Crippen LogP contribution in [-0.2, 0) is 26.2 Å². The molecule has 0 radical (unpaired) electrons. The Kier molecular flexibility index (Phi) is 41.6. The normalized spacial score (nSPS) is 8.71. The number of nitrogens with zero attached hydrogens (tertiary/aromatic N) is 3. The van der Waals surface area contributed by atoms with E-state index < -0.39 is 8.80 Å². The molecule has 0 aliphatic carbocycles. The maximum Gasteiger partial charge on any atom is 4.00 e. The zero-order chi connectivity index (χ0) is 18.3. The summed E-state index contributed by atoms with van der Waals surface area (Å²) in [7, 11) is -0.480. The zero-order valence-corrected chi connectivity index (χ0v) is 21.1. The standard InChI is InChI=1S/C7H11Si.3C4H10N.Zr/c1-8(2)7-5-3-4-6-7;3*1-3-5-4-2;/h3-6,8H,1-2H3;3*3-4H2,1-2H3;/q4*-1;+4. The van der Waals surface area contributed by atoms with Gasteiger partial charge in [0.25, 0.3) is 0 Å². The Morgan fingerprint density at radius 2 is 0.875 bits per heavy atom. The van der Waals surface area contributed by atoms with Crippen LogP contribution in [0.15, 0.2) is 24.3 Å². The molecule has 1 rings (SSSR count). The summed E-state index contributed by atoms with van der Waals surface area (Å²) in [5.41, 5.74) is 0. The number of hydrogen-bond donors (Lipinski definition) is 0. The van der Waals surface area contributed by atoms with Crippen LogP contribution in [0.2, 0.25) is 13.1 Å². The van der Waals surface area contributed by atoms with Crippen LogP contribution in [0.5, 0.6) is 0 Å². The van der Waals surface area contributed by atoms with Gasteiger partial charge in [-0.05, 0) is 0 Å². The molecule has 1 aromatic carbocycles. The van der Waals surface area contributed by atoms with Gasteiger partial charge in [0, 0.05) is 8.80 Å². The molecule has 0 aliphatic heterocycles. The molecule has 0 heterocycles. The minimum atomic E-state index is -0.480. The summed E-state index contributed by atoms with van der Waals surface area (Å²) < 4.78 is 0. The van der Waals surface area contributed by atoms with Crippen molar-refractivity contribution in [3.05, 3.63) is 40.2 Å². The average molecular weight is 431 g/mol. The molecule has 0 saturated carbocycles. The van der Waals surface area contributed by atoms with Crippen molar-refractivity contribution in [3.63, 3.8) is 0 Å². The van der Waals surface area contributed by atoms with Crippen LogP contribution >= 0.6 is 0 Å². The van der Waals surface area contributed by atoms with E-state index in [9.17, 15) is 0 Å². The maximum atomic E-state index is 3.97. The van der Waals surface area contributed by atoms with Crippen molar-refractivity contribution in [2.45, 2.75) is 54.6 Å². The van der Waals surface area contributed by atoms with Crippen molar-refractivity contribution in [1.29, 1.82) is 0 Å². The van der Waals surface area contributed by atoms with E-state index in [0.29, 0.717) is 0 Å². The van der Waals surface area contributed by atoms with Gasteiger partial charge in [-0.1, -0.05) is 54.6 Å². The molecule has 0 aliphatic rings. The molecule has 0 amide bonds. The van der Waals surface area contributed by atoms with Crippen LogP contribution in [-0.4, -0.2) is 48.1 Å². The van der Waals surface area contributed by atoms with E-state index in [-0.39, 0.29) is 26.2 Å². The van der Waals surface area contributed by atoms with E-state index in [0.717, 1.165) is 39.3 Å². The molecule has 0 fully saturated rings. The van der Waals surface area contributed by atoms with Gasteiger partial charge in [-0.3, -0.25) is 0 Å². The molecule has 0 atom stereocenters. The van der Waals surface area contributed by atoms with Gasteiger partial charge in [-0.2, -0.15) is 56.6 Å². The third-order valence-corrected chi connectivity index (χ3v) is 4.42. The van der Waals surface area contributed by atoms with Gasteiger partial charge in [0.05, 0.1) is 0 Å². The van der Waals surface area contributed by atoms with Crippen molar-refractivity contribution < 1.29 is 26.2 Å². The summed E-state index contributed by atoms with van der Waals surface area (Å²) in [4.78, 5) is 0. The van der Waals surface area contributed by atoms with Crippen LogP contribution in [0.1, 0.15) is 41.5 Å². The molecular weight excluding hydrogens is 390 g/mol. The Balaban J connectivity index is -0.000000113. The summed E-state index contributed by atoms with van der Waals surface area (Å²) in [6.45, 7) is 22.8. The van der Waals surface area contributed by atoms with Gasteiger partial charge in [0.1, 0.15) is 0 Å². The van der Waals surface area contributed by atoms with E-state index >= 15 is 0 Å². The fourth-order valence-electron chi connectivity index (χ4n) is 1.44. The first-order valence-corrected chi connectivity index (χ1v) is 12.0. The molecule has 0 spiro atoms. The first-order valence-electron chi connectivity index (χ1n) is 9.16. The molecule has 0 N–H and O–H groups in total. The van der Waals surface area contributed by atoms with Crippen LogP contribution < -0.4 is 5.19 Å². The quantitative estimate of drug-likeness (QED) is 0.416. The van der Waals surface area contributed by atoms with Crippen LogP contribution in [0.3, 0.4) is 0 Å². The van der Waals surface area contributed by atoms with E-state index in [1.165, 1.54) is 0 Å². The van der Waals surface area contributed by atoms with Crippen molar-refractivity contribution in [1.82, 2.24) is 0 Å². The Morgan fingerprint density at radius 3 is 0.958 bits per heavy atom. The molecule has 5 heteroatoms. The van der Waals surface area contributed by atoms with E-state index in [4.69, 9.17) is 0 Å². The summed E-state index contributed by atoms with van der Waals surface area (Å²) in [5, 5.41) is 13.5. The first-order chi connectivity index (χ1) is 11.0. The largest absolute Gasteiger partial charge is 4.00 e. The number of hydrogen-bond acceptors (Lipinski definition) is 0. The van der Waals surface area contributed by atoms with Crippen molar-refractivity contribution in [2.24, 2.45) is 0 Å². The minimum Gasteiger partial charge on any atom is -0.663 e. The SMILES string of the molecule is CC[N-]CC.CC[N-]CC.CC[N-]CC.C[SiH](C)[c-]1cccc1.[Zr+4]. The second-order valence-electron chi connectivity index (χ2n) is 4.94. The first kappa shape index (κ1) is 32.0. The van der Waals surface area contributed by atoms with Gasteiger partial charge < -0.3 is 16.0 Å². The monoisotopic (exact) mass is 429 g/mol. The van der Waals surface area contributed by atoms with Gasteiger partial charge in [0.2, 0.25) is 0 Å². The molecule has 3 nitrogen and oxygen atoms in total. The van der Waals surface area contributed by atoms with Crippen molar-refractivity contribution in [3.8, 4) is 0 Å². The van der Waals surface area contributed by atoms with E-state index in [1.54, 1.807) is 5.19 Å². The van der Waals surface area contributed by atoms with Crippen LogP contribution in [0, 0.1) is 0 Å². The summed E-state index contributed by atoms with van der Waals surface area (Å²) in [6.07, 6.45) is 0. The molecular formula is C19H41N3SiZr. The molecule has 0 aromatic heterocycles. The van der Waals surface area contributed by atoms with E-state index in [1.807, 2.05) is 41.5 Å². The molecule has 24 heavy (non-hydrogen) atoms. The third-order valence-electron chi connectivity index (χ3n) is 2.70. The average Bonchev–Trinajstić information content (AvgIpc) is 3.06. The topological polar surface area (TPSA) is 42.3 Å². The Morgan fingerprint density at radius 1 is 0.625 bits per heavy atom. The van der Waals surface area contributed by atoms with Crippen molar-refractivity contribution >= 4 is 14.0 Å². The van der Waals surface area contributed by atoms with Gasteiger partial charge in [0.15, 0.2) is 0 Å². The van der Waals surface area contributed by atoms with Gasteiger partial charge >= 0.3 is 26.2 Å². The summed E-state index contributed by atoms with van der Waals surface area (Å²) in [6, 6.07) is 8.67. The Hall–Kier alpha value is 0.330. The molecule has 0 saturated heterocycles. The fraction of sp³-hybridized carbons (Fsp3) is 0.737. The Bertz CT molecular complexity index is 247. The predicted molar refractivity (Wildman–Crippen MR) is 114 cm³/mol. The second kappa shape index (κ2) is 31.1.